The van der Waals surface area contributed by atoms with Crippen LogP contribution < -0.4 is 4.74 Å². The Kier molecular flexibility index (Phi) is 5.98. The van der Waals surface area contributed by atoms with Crippen molar-refractivity contribution in [1.82, 2.24) is 4.98 Å². The molecule has 162 valence electrons. The normalized spacial score (nSPS) is 11.9. The fourth-order valence-corrected chi connectivity index (χ4v) is 3.59. The van der Waals surface area contributed by atoms with Gasteiger partial charge in [0.05, 0.1) is 11.5 Å². The van der Waals surface area contributed by atoms with Crippen LogP contribution in [-0.4, -0.2) is 21.8 Å². The van der Waals surface area contributed by atoms with Crippen molar-refractivity contribution in [2.75, 3.05) is 0 Å². The first-order chi connectivity index (χ1) is 15.4. The van der Waals surface area contributed by atoms with Gasteiger partial charge in [-0.1, -0.05) is 30.3 Å². The summed E-state index contributed by atoms with van der Waals surface area (Å²) in [7, 11) is 0. The van der Waals surface area contributed by atoms with Gasteiger partial charge in [0.1, 0.15) is 24.0 Å². The molecule has 0 bridgehead atoms. The molecule has 0 spiro atoms. The lowest BCUT2D eigenvalue weighted by molar-refractivity contribution is -0.138. The van der Waals surface area contributed by atoms with Crippen molar-refractivity contribution in [3.63, 3.8) is 0 Å². The summed E-state index contributed by atoms with van der Waals surface area (Å²) < 4.78 is 32.9. The Morgan fingerprint density at radius 2 is 1.78 bits per heavy atom. The number of benzene rings is 3. The van der Waals surface area contributed by atoms with E-state index in [0.717, 1.165) is 17.7 Å². The van der Waals surface area contributed by atoms with Gasteiger partial charge in [0.2, 0.25) is 0 Å². The van der Waals surface area contributed by atoms with Crippen LogP contribution in [0.1, 0.15) is 33.8 Å². The number of rotatable bonds is 8. The molecular formula is C25H19F2NO4. The van der Waals surface area contributed by atoms with Gasteiger partial charge in [-0.3, -0.25) is 9.59 Å². The van der Waals surface area contributed by atoms with E-state index in [1.54, 1.807) is 18.2 Å². The Labute approximate surface area is 182 Å². The van der Waals surface area contributed by atoms with Crippen molar-refractivity contribution in [3.05, 3.63) is 101 Å². The lowest BCUT2D eigenvalue weighted by atomic mass is 9.91. The summed E-state index contributed by atoms with van der Waals surface area (Å²) in [5, 5.41) is 10.4. The number of aliphatic carboxylic acids is 1. The Hall–Kier alpha value is -4.00. The number of ether oxygens (including phenoxy) is 1. The Morgan fingerprint density at radius 1 is 1.00 bits per heavy atom. The molecule has 1 unspecified atom stereocenters. The van der Waals surface area contributed by atoms with Crippen molar-refractivity contribution < 1.29 is 28.2 Å². The molecule has 0 radical (unpaired) electrons. The summed E-state index contributed by atoms with van der Waals surface area (Å²) in [6.45, 7) is 0.384. The van der Waals surface area contributed by atoms with E-state index in [9.17, 15) is 23.5 Å². The molecule has 0 saturated carbocycles. The van der Waals surface area contributed by atoms with E-state index >= 15 is 0 Å². The number of Topliss-reactive ketones (excluding diaryl/α,β-unsaturated/α-hetero) is 1. The topological polar surface area (TPSA) is 79.4 Å². The third-order valence-corrected chi connectivity index (χ3v) is 5.23. The second-order valence-corrected chi connectivity index (χ2v) is 7.37. The predicted octanol–water partition coefficient (Wildman–Crippen LogP) is 5.47. The zero-order chi connectivity index (χ0) is 22.7. The van der Waals surface area contributed by atoms with E-state index in [1.807, 2.05) is 30.3 Å². The molecule has 1 heterocycles. The lowest BCUT2D eigenvalue weighted by Gasteiger charge is -2.12. The smallest absolute Gasteiger partial charge is 0.311 e. The molecule has 4 rings (SSSR count). The molecule has 0 amide bonds. The lowest BCUT2D eigenvalue weighted by Crippen LogP contribution is -2.17. The molecule has 0 saturated heterocycles. The molecule has 32 heavy (non-hydrogen) atoms. The summed E-state index contributed by atoms with van der Waals surface area (Å²) in [5.74, 6) is -4.35. The summed E-state index contributed by atoms with van der Waals surface area (Å²) >= 11 is 0. The number of hydrogen-bond donors (Lipinski definition) is 2. The Morgan fingerprint density at radius 3 is 2.50 bits per heavy atom. The number of nitrogens with one attached hydrogen (secondary N) is 1. The van der Waals surface area contributed by atoms with Crippen molar-refractivity contribution in [2.45, 2.75) is 18.9 Å². The van der Waals surface area contributed by atoms with Gasteiger partial charge in [-0.25, -0.2) is 8.78 Å². The van der Waals surface area contributed by atoms with E-state index in [2.05, 4.69) is 4.98 Å². The first-order valence-corrected chi connectivity index (χ1v) is 9.91. The number of carboxylic acids is 1. The monoisotopic (exact) mass is 435 g/mol. The number of halogens is 2. The largest absolute Gasteiger partial charge is 0.489 e. The van der Waals surface area contributed by atoms with E-state index < -0.39 is 35.7 Å². The highest BCUT2D eigenvalue weighted by molar-refractivity contribution is 6.00. The number of ketones is 1. The standard InChI is InChI=1S/C25H19F2NO4/c26-16-6-8-19(22(27)10-16)24(29)12-20(25(30)31)21-13-28-23-11-17(7-9-18(21)23)32-14-15-4-2-1-3-5-15/h1-11,13,20,28H,12,14H2,(H,30,31). The van der Waals surface area contributed by atoms with Crippen LogP contribution in [-0.2, 0) is 11.4 Å². The highest BCUT2D eigenvalue weighted by Gasteiger charge is 2.27. The molecule has 0 fully saturated rings. The molecule has 2 N–H and O–H groups in total. The maximum atomic E-state index is 14.0. The number of carbonyl (C=O) groups excluding carboxylic acids is 1. The molecule has 7 heteroatoms. The number of hydrogen-bond acceptors (Lipinski definition) is 3. The zero-order valence-electron chi connectivity index (χ0n) is 16.8. The third-order valence-electron chi connectivity index (χ3n) is 5.23. The quantitative estimate of drug-likeness (QED) is 0.360. The Balaban J connectivity index is 1.56. The molecule has 4 aromatic rings. The van der Waals surface area contributed by atoms with Gasteiger partial charge >= 0.3 is 5.97 Å². The minimum Gasteiger partial charge on any atom is -0.489 e. The summed E-state index contributed by atoms with van der Waals surface area (Å²) in [4.78, 5) is 27.5. The average molecular weight is 435 g/mol. The minimum atomic E-state index is -1.22. The van der Waals surface area contributed by atoms with Gasteiger partial charge in [-0.05, 0) is 35.4 Å². The third kappa shape index (κ3) is 4.51. The van der Waals surface area contributed by atoms with Crippen molar-refractivity contribution in [3.8, 4) is 5.75 Å². The molecule has 3 aromatic carbocycles. The van der Waals surface area contributed by atoms with Crippen LogP contribution in [0.2, 0.25) is 0 Å². The molecule has 1 aromatic heterocycles. The zero-order valence-corrected chi connectivity index (χ0v) is 16.8. The van der Waals surface area contributed by atoms with E-state index in [-0.39, 0.29) is 5.56 Å². The van der Waals surface area contributed by atoms with Gasteiger partial charge in [0.25, 0.3) is 0 Å². The minimum absolute atomic E-state index is 0.339. The van der Waals surface area contributed by atoms with Crippen molar-refractivity contribution >= 4 is 22.7 Å². The molecular weight excluding hydrogens is 416 g/mol. The van der Waals surface area contributed by atoms with Crippen LogP contribution >= 0.6 is 0 Å². The molecule has 0 aliphatic heterocycles. The fourth-order valence-electron chi connectivity index (χ4n) is 3.59. The van der Waals surface area contributed by atoms with Gasteiger partial charge in [0.15, 0.2) is 5.78 Å². The fraction of sp³-hybridized carbons (Fsp3) is 0.120. The van der Waals surface area contributed by atoms with Crippen molar-refractivity contribution in [2.24, 2.45) is 0 Å². The van der Waals surface area contributed by atoms with Gasteiger partial charge in [-0.15, -0.1) is 0 Å². The predicted molar refractivity (Wildman–Crippen MR) is 115 cm³/mol. The molecule has 0 aliphatic rings. The van der Waals surface area contributed by atoms with E-state index in [0.29, 0.717) is 34.9 Å². The van der Waals surface area contributed by atoms with Gasteiger partial charge in [-0.2, -0.15) is 0 Å². The Bertz CT molecular complexity index is 1280. The van der Waals surface area contributed by atoms with Gasteiger partial charge < -0.3 is 14.8 Å². The SMILES string of the molecule is O=C(CC(C(=O)O)c1c[nH]c2cc(OCc3ccccc3)ccc12)c1ccc(F)cc1F. The van der Waals surface area contributed by atoms with Crippen molar-refractivity contribution in [1.29, 1.82) is 0 Å². The van der Waals surface area contributed by atoms with Crippen LogP contribution in [0.25, 0.3) is 10.9 Å². The first-order valence-electron chi connectivity index (χ1n) is 9.91. The van der Waals surface area contributed by atoms with Crippen LogP contribution in [0.4, 0.5) is 8.78 Å². The highest BCUT2D eigenvalue weighted by Crippen LogP contribution is 2.32. The first kappa shape index (κ1) is 21.2. The second kappa shape index (κ2) is 9.01. The van der Waals surface area contributed by atoms with Crippen LogP contribution in [0.5, 0.6) is 5.75 Å². The molecule has 1 atom stereocenters. The number of carboxylic acid groups (broad SMARTS) is 1. The number of aromatic nitrogens is 1. The van der Waals surface area contributed by atoms with Crippen LogP contribution in [0.15, 0.2) is 72.9 Å². The molecule has 5 nitrogen and oxygen atoms in total. The average Bonchev–Trinajstić information content (AvgIpc) is 3.19. The maximum absolute atomic E-state index is 14.0. The maximum Gasteiger partial charge on any atom is 0.311 e. The molecule has 0 aliphatic carbocycles. The summed E-state index contributed by atoms with van der Waals surface area (Å²) in [6.07, 6.45) is 1.07. The second-order valence-electron chi connectivity index (χ2n) is 7.37. The summed E-state index contributed by atoms with van der Waals surface area (Å²) in [5.41, 5.74) is 1.72. The van der Waals surface area contributed by atoms with Crippen LogP contribution in [0, 0.1) is 11.6 Å². The number of carbonyl (C=O) groups is 2. The van der Waals surface area contributed by atoms with Gasteiger partial charge in [0, 0.05) is 35.7 Å². The van der Waals surface area contributed by atoms with E-state index in [4.69, 9.17) is 4.74 Å². The summed E-state index contributed by atoms with van der Waals surface area (Å²) in [6, 6.07) is 17.5. The highest BCUT2D eigenvalue weighted by atomic mass is 19.1. The van der Waals surface area contributed by atoms with E-state index in [1.165, 1.54) is 6.20 Å². The van der Waals surface area contributed by atoms with Crippen LogP contribution in [0.3, 0.4) is 0 Å². The number of fused-ring (bicyclic) bond motifs is 1. The number of H-pyrrole nitrogens is 1. The number of aromatic amines is 1.